The lowest BCUT2D eigenvalue weighted by Gasteiger charge is -2.16. The first-order chi connectivity index (χ1) is 11.5. The van der Waals surface area contributed by atoms with Crippen LogP contribution in [-0.4, -0.2) is 23.2 Å². The van der Waals surface area contributed by atoms with Crippen LogP contribution in [0.2, 0.25) is 0 Å². The van der Waals surface area contributed by atoms with Crippen LogP contribution in [-0.2, 0) is 14.3 Å². The van der Waals surface area contributed by atoms with E-state index in [2.05, 4.69) is 5.32 Å². The monoisotopic (exact) mass is 347 g/mol. The highest BCUT2D eigenvalue weighted by atomic mass is 32.2. The van der Waals surface area contributed by atoms with Crippen LogP contribution in [0.4, 0.5) is 10.1 Å². The summed E-state index contributed by atoms with van der Waals surface area (Å²) in [7, 11) is 0. The van der Waals surface area contributed by atoms with Gasteiger partial charge in [-0.3, -0.25) is 9.59 Å². The Labute approximate surface area is 144 Å². The number of rotatable bonds is 6. The molecule has 0 heterocycles. The lowest BCUT2D eigenvalue weighted by atomic mass is 10.3. The van der Waals surface area contributed by atoms with Gasteiger partial charge < -0.3 is 10.1 Å². The molecule has 0 unspecified atom stereocenters. The summed E-state index contributed by atoms with van der Waals surface area (Å²) >= 11 is 1.36. The molecule has 0 aromatic heterocycles. The first kappa shape index (κ1) is 18.0. The molecule has 0 aliphatic carbocycles. The number of halogens is 1. The molecule has 0 aliphatic heterocycles. The average Bonchev–Trinajstić information content (AvgIpc) is 2.57. The predicted molar refractivity (Wildman–Crippen MR) is 92.3 cm³/mol. The lowest BCUT2D eigenvalue weighted by Crippen LogP contribution is -2.32. The van der Waals surface area contributed by atoms with Crippen molar-refractivity contribution in [3.63, 3.8) is 0 Å². The molecule has 0 fully saturated rings. The molecule has 24 heavy (non-hydrogen) atoms. The fourth-order valence-electron chi connectivity index (χ4n) is 1.85. The van der Waals surface area contributed by atoms with E-state index in [0.29, 0.717) is 5.69 Å². The van der Waals surface area contributed by atoms with E-state index in [1.807, 2.05) is 30.3 Å². The molecule has 0 bridgehead atoms. The van der Waals surface area contributed by atoms with Crippen molar-refractivity contribution in [2.45, 2.75) is 30.1 Å². The molecule has 2 aromatic rings. The molecule has 1 amide bonds. The molecule has 0 spiro atoms. The van der Waals surface area contributed by atoms with E-state index in [9.17, 15) is 14.0 Å². The quantitative estimate of drug-likeness (QED) is 0.636. The highest BCUT2D eigenvalue weighted by Gasteiger charge is 2.22. The zero-order valence-corrected chi connectivity index (χ0v) is 14.2. The summed E-state index contributed by atoms with van der Waals surface area (Å²) in [4.78, 5) is 25.1. The third-order valence-corrected chi connectivity index (χ3v) is 4.25. The smallest absolute Gasteiger partial charge is 0.319 e. The van der Waals surface area contributed by atoms with E-state index in [-0.39, 0.29) is 5.82 Å². The SMILES string of the molecule is C[C@H](OC(=O)[C@@H](C)Sc1ccccc1)C(=O)Nc1ccc(F)cc1. The Kier molecular flexibility index (Phi) is 6.37. The molecule has 6 heteroatoms. The summed E-state index contributed by atoms with van der Waals surface area (Å²) in [6.45, 7) is 3.22. The minimum Gasteiger partial charge on any atom is -0.452 e. The highest BCUT2D eigenvalue weighted by Crippen LogP contribution is 2.23. The second-order valence-electron chi connectivity index (χ2n) is 5.15. The number of benzene rings is 2. The molecule has 126 valence electrons. The minimum atomic E-state index is -0.943. The van der Waals surface area contributed by atoms with Gasteiger partial charge in [0.1, 0.15) is 11.1 Å². The van der Waals surface area contributed by atoms with E-state index in [4.69, 9.17) is 4.74 Å². The van der Waals surface area contributed by atoms with Gasteiger partial charge in [0.15, 0.2) is 6.10 Å². The van der Waals surface area contributed by atoms with E-state index in [1.165, 1.54) is 43.0 Å². The van der Waals surface area contributed by atoms with Crippen molar-refractivity contribution >= 4 is 29.3 Å². The predicted octanol–water partition coefficient (Wildman–Crippen LogP) is 3.88. The molecule has 0 aliphatic rings. The van der Waals surface area contributed by atoms with Gasteiger partial charge in [-0.15, -0.1) is 11.8 Å². The Hall–Kier alpha value is -2.34. The van der Waals surface area contributed by atoms with Gasteiger partial charge in [-0.05, 0) is 50.2 Å². The molecule has 4 nitrogen and oxygen atoms in total. The third-order valence-electron chi connectivity index (χ3n) is 3.16. The van der Waals surface area contributed by atoms with Crippen LogP contribution in [0, 0.1) is 5.82 Å². The normalized spacial score (nSPS) is 13.0. The van der Waals surface area contributed by atoms with Crippen LogP contribution < -0.4 is 5.32 Å². The van der Waals surface area contributed by atoms with E-state index in [1.54, 1.807) is 6.92 Å². The maximum atomic E-state index is 12.8. The second kappa shape index (κ2) is 8.49. The Morgan fingerprint density at radius 3 is 2.29 bits per heavy atom. The number of nitrogens with one attached hydrogen (secondary N) is 1. The molecule has 0 saturated heterocycles. The fourth-order valence-corrected chi connectivity index (χ4v) is 2.73. The molecule has 2 aromatic carbocycles. The van der Waals surface area contributed by atoms with Crippen LogP contribution in [0.1, 0.15) is 13.8 Å². The van der Waals surface area contributed by atoms with Gasteiger partial charge in [0, 0.05) is 10.6 Å². The first-order valence-electron chi connectivity index (χ1n) is 7.44. The Morgan fingerprint density at radius 1 is 1.04 bits per heavy atom. The number of hydrogen-bond acceptors (Lipinski definition) is 4. The number of esters is 1. The van der Waals surface area contributed by atoms with Crippen molar-refractivity contribution < 1.29 is 18.7 Å². The summed E-state index contributed by atoms with van der Waals surface area (Å²) < 4.78 is 18.0. The molecular weight excluding hydrogens is 329 g/mol. The van der Waals surface area contributed by atoms with Crippen LogP contribution in [0.5, 0.6) is 0 Å². The number of thioether (sulfide) groups is 1. The summed E-state index contributed by atoms with van der Waals surface area (Å²) in [5.41, 5.74) is 0.441. The maximum Gasteiger partial charge on any atom is 0.319 e. The molecule has 1 N–H and O–H groups in total. The number of amides is 1. The zero-order chi connectivity index (χ0) is 17.5. The first-order valence-corrected chi connectivity index (χ1v) is 8.32. The molecule has 0 radical (unpaired) electrons. The zero-order valence-electron chi connectivity index (χ0n) is 13.4. The number of ether oxygens (including phenoxy) is 1. The van der Waals surface area contributed by atoms with Crippen molar-refractivity contribution in [1.82, 2.24) is 0 Å². The molecule has 0 saturated carbocycles. The van der Waals surface area contributed by atoms with Gasteiger partial charge >= 0.3 is 5.97 Å². The summed E-state index contributed by atoms with van der Waals surface area (Å²) in [6.07, 6.45) is -0.943. The van der Waals surface area contributed by atoms with Crippen molar-refractivity contribution in [3.05, 3.63) is 60.4 Å². The van der Waals surface area contributed by atoms with Crippen molar-refractivity contribution in [1.29, 1.82) is 0 Å². The number of hydrogen-bond donors (Lipinski definition) is 1. The third kappa shape index (κ3) is 5.38. The van der Waals surface area contributed by atoms with Crippen molar-refractivity contribution in [2.24, 2.45) is 0 Å². The van der Waals surface area contributed by atoms with E-state index < -0.39 is 23.2 Å². The number of carbonyl (C=O) groups excluding carboxylic acids is 2. The Bertz CT molecular complexity index is 691. The largest absolute Gasteiger partial charge is 0.452 e. The van der Waals surface area contributed by atoms with Crippen molar-refractivity contribution in [3.8, 4) is 0 Å². The molecule has 2 atom stereocenters. The summed E-state index contributed by atoms with van der Waals surface area (Å²) in [5, 5.41) is 2.14. The fraction of sp³-hybridized carbons (Fsp3) is 0.222. The molecule has 2 rings (SSSR count). The minimum absolute atomic E-state index is 0.390. The second-order valence-corrected chi connectivity index (χ2v) is 6.56. The topological polar surface area (TPSA) is 55.4 Å². The van der Waals surface area contributed by atoms with Gasteiger partial charge in [0.05, 0.1) is 0 Å². The van der Waals surface area contributed by atoms with Gasteiger partial charge in [0.2, 0.25) is 0 Å². The van der Waals surface area contributed by atoms with E-state index in [0.717, 1.165) is 4.90 Å². The standard InChI is InChI=1S/C18H18FNO3S/c1-12(17(21)20-15-10-8-14(19)9-11-15)23-18(22)13(2)24-16-6-4-3-5-7-16/h3-13H,1-2H3,(H,20,21)/t12-,13+/m0/s1. The number of carbonyl (C=O) groups is 2. The van der Waals surface area contributed by atoms with Crippen LogP contribution >= 0.6 is 11.8 Å². The van der Waals surface area contributed by atoms with Crippen molar-refractivity contribution in [2.75, 3.05) is 5.32 Å². The molecular formula is C18H18FNO3S. The Morgan fingerprint density at radius 2 is 1.67 bits per heavy atom. The van der Waals surface area contributed by atoms with Crippen LogP contribution in [0.3, 0.4) is 0 Å². The summed E-state index contributed by atoms with van der Waals surface area (Å²) in [6, 6.07) is 14.8. The van der Waals surface area contributed by atoms with Crippen LogP contribution in [0.25, 0.3) is 0 Å². The van der Waals surface area contributed by atoms with Gasteiger partial charge in [-0.2, -0.15) is 0 Å². The van der Waals surface area contributed by atoms with Gasteiger partial charge in [-0.25, -0.2) is 4.39 Å². The van der Waals surface area contributed by atoms with E-state index >= 15 is 0 Å². The highest BCUT2D eigenvalue weighted by molar-refractivity contribution is 8.00. The maximum absolute atomic E-state index is 12.8. The van der Waals surface area contributed by atoms with Gasteiger partial charge in [-0.1, -0.05) is 18.2 Å². The van der Waals surface area contributed by atoms with Gasteiger partial charge in [0.25, 0.3) is 5.91 Å². The lowest BCUT2D eigenvalue weighted by molar-refractivity contribution is -0.152. The van der Waals surface area contributed by atoms with Crippen LogP contribution in [0.15, 0.2) is 59.5 Å². The Balaban J connectivity index is 1.85. The number of anilines is 1. The average molecular weight is 347 g/mol. The summed E-state index contributed by atoms with van der Waals surface area (Å²) in [5.74, 6) is -1.32.